The van der Waals surface area contributed by atoms with Crippen molar-refractivity contribution >= 4 is 35.1 Å². The normalized spacial score (nSPS) is 15.7. The monoisotopic (exact) mass is 495 g/mol. The SMILES string of the molecule is O=C(NCc1cccnc1N1CCSCC1)c1cnnc(-c2ccc(OCC3CC3)c(Cl)c2)c1. The fourth-order valence-corrected chi connectivity index (χ4v) is 4.95. The van der Waals surface area contributed by atoms with Crippen molar-refractivity contribution in [3.05, 3.63) is 64.9 Å². The van der Waals surface area contributed by atoms with Crippen LogP contribution in [0.25, 0.3) is 11.3 Å². The van der Waals surface area contributed by atoms with Crippen molar-refractivity contribution in [1.82, 2.24) is 20.5 Å². The zero-order chi connectivity index (χ0) is 23.3. The van der Waals surface area contributed by atoms with Gasteiger partial charge in [0.15, 0.2) is 0 Å². The number of thioether (sulfide) groups is 1. The summed E-state index contributed by atoms with van der Waals surface area (Å²) in [4.78, 5) is 19.8. The molecule has 3 aromatic rings. The summed E-state index contributed by atoms with van der Waals surface area (Å²) < 4.78 is 5.80. The molecule has 0 atom stereocenters. The van der Waals surface area contributed by atoms with Crippen molar-refractivity contribution in [3.8, 4) is 17.0 Å². The number of nitrogens with zero attached hydrogens (tertiary/aromatic N) is 4. The molecule has 7 nitrogen and oxygen atoms in total. The number of benzene rings is 1. The Morgan fingerprint density at radius 1 is 1.21 bits per heavy atom. The molecule has 0 spiro atoms. The molecule has 1 aliphatic heterocycles. The fraction of sp³-hybridized carbons (Fsp3) is 0.360. The minimum atomic E-state index is -0.212. The third kappa shape index (κ3) is 5.62. The highest BCUT2D eigenvalue weighted by atomic mass is 35.5. The van der Waals surface area contributed by atoms with Gasteiger partial charge in [-0.25, -0.2) is 4.98 Å². The van der Waals surface area contributed by atoms with E-state index in [9.17, 15) is 4.79 Å². The number of aromatic nitrogens is 3. The Balaban J connectivity index is 1.26. The van der Waals surface area contributed by atoms with Crippen LogP contribution in [-0.4, -0.2) is 52.3 Å². The van der Waals surface area contributed by atoms with Crippen LogP contribution in [0.3, 0.4) is 0 Å². The van der Waals surface area contributed by atoms with Crippen LogP contribution in [-0.2, 0) is 6.54 Å². The van der Waals surface area contributed by atoms with Crippen LogP contribution in [0.5, 0.6) is 5.75 Å². The predicted octanol–water partition coefficient (Wildman–Crippen LogP) is 4.46. The molecule has 9 heteroatoms. The van der Waals surface area contributed by atoms with Gasteiger partial charge in [-0.05, 0) is 49.1 Å². The summed E-state index contributed by atoms with van der Waals surface area (Å²) in [6, 6.07) is 11.2. The number of rotatable bonds is 8. The Labute approximate surface area is 208 Å². The minimum absolute atomic E-state index is 0.212. The molecule has 176 valence electrons. The average Bonchev–Trinajstić information content (AvgIpc) is 3.72. The molecule has 3 heterocycles. The quantitative estimate of drug-likeness (QED) is 0.494. The summed E-state index contributed by atoms with van der Waals surface area (Å²) in [5.74, 6) is 4.22. The molecule has 1 aliphatic carbocycles. The van der Waals surface area contributed by atoms with E-state index in [2.05, 4.69) is 25.4 Å². The van der Waals surface area contributed by atoms with Crippen molar-refractivity contribution in [2.75, 3.05) is 36.1 Å². The number of halogens is 1. The Morgan fingerprint density at radius 3 is 2.85 bits per heavy atom. The number of pyridine rings is 1. The van der Waals surface area contributed by atoms with Gasteiger partial charge in [0.1, 0.15) is 11.6 Å². The molecule has 1 aromatic carbocycles. The largest absolute Gasteiger partial charge is 0.492 e. The molecule has 1 amide bonds. The Bertz CT molecular complexity index is 1170. The first-order chi connectivity index (χ1) is 16.7. The first kappa shape index (κ1) is 22.9. The number of carbonyl (C=O) groups excluding carboxylic acids is 1. The average molecular weight is 496 g/mol. The number of nitrogens with one attached hydrogen (secondary N) is 1. The Morgan fingerprint density at radius 2 is 2.06 bits per heavy atom. The molecule has 0 radical (unpaired) electrons. The Kier molecular flexibility index (Phi) is 7.16. The van der Waals surface area contributed by atoms with Crippen molar-refractivity contribution < 1.29 is 9.53 Å². The molecule has 0 bridgehead atoms. The van der Waals surface area contributed by atoms with Crippen LogP contribution in [0.4, 0.5) is 5.82 Å². The van der Waals surface area contributed by atoms with Gasteiger partial charge in [-0.15, -0.1) is 0 Å². The fourth-order valence-electron chi connectivity index (χ4n) is 3.81. The molecule has 1 saturated carbocycles. The van der Waals surface area contributed by atoms with Gasteiger partial charge < -0.3 is 15.0 Å². The van der Waals surface area contributed by atoms with Crippen molar-refractivity contribution in [3.63, 3.8) is 0 Å². The third-order valence-corrected chi connectivity index (χ3v) is 7.17. The zero-order valence-corrected chi connectivity index (χ0v) is 20.3. The predicted molar refractivity (Wildman–Crippen MR) is 136 cm³/mol. The van der Waals surface area contributed by atoms with Crippen LogP contribution in [0.2, 0.25) is 5.02 Å². The summed E-state index contributed by atoms with van der Waals surface area (Å²) >= 11 is 8.37. The highest BCUT2D eigenvalue weighted by molar-refractivity contribution is 7.99. The van der Waals surface area contributed by atoms with Crippen LogP contribution in [0.15, 0.2) is 48.8 Å². The molecule has 1 saturated heterocycles. The van der Waals surface area contributed by atoms with Crippen molar-refractivity contribution in [2.24, 2.45) is 5.92 Å². The number of carbonyl (C=O) groups is 1. The van der Waals surface area contributed by atoms with Gasteiger partial charge in [-0.3, -0.25) is 4.79 Å². The van der Waals surface area contributed by atoms with Gasteiger partial charge in [0, 0.05) is 48.5 Å². The van der Waals surface area contributed by atoms with Crippen molar-refractivity contribution in [2.45, 2.75) is 19.4 Å². The maximum absolute atomic E-state index is 12.9. The van der Waals surface area contributed by atoms with E-state index in [1.165, 1.54) is 19.0 Å². The second-order valence-corrected chi connectivity index (χ2v) is 10.1. The van der Waals surface area contributed by atoms with Gasteiger partial charge in [0.05, 0.1) is 29.1 Å². The van der Waals surface area contributed by atoms with Crippen LogP contribution in [0, 0.1) is 5.92 Å². The minimum Gasteiger partial charge on any atom is -0.492 e. The van der Waals surface area contributed by atoms with Gasteiger partial charge in [-0.1, -0.05) is 17.7 Å². The number of anilines is 1. The summed E-state index contributed by atoms with van der Waals surface area (Å²) in [5.41, 5.74) is 2.80. The maximum atomic E-state index is 12.9. The van der Waals surface area contributed by atoms with Gasteiger partial charge >= 0.3 is 0 Å². The molecule has 2 aromatic heterocycles. The number of ether oxygens (including phenoxy) is 1. The van der Waals surface area contributed by atoms with E-state index in [0.717, 1.165) is 41.5 Å². The lowest BCUT2D eigenvalue weighted by Crippen LogP contribution is -2.34. The molecule has 34 heavy (non-hydrogen) atoms. The molecular formula is C25H26ClN5O2S. The first-order valence-electron chi connectivity index (χ1n) is 11.5. The maximum Gasteiger partial charge on any atom is 0.253 e. The standard InChI is InChI=1S/C25H26ClN5O2S/c26-21-12-18(5-6-23(21)33-16-17-3-4-17)22-13-20(15-29-30-22)25(32)28-14-19-2-1-7-27-24(19)31-8-10-34-11-9-31/h1-2,5-7,12-13,15,17H,3-4,8-11,14,16H2,(H,28,32). The molecule has 0 unspecified atom stereocenters. The molecule has 2 aliphatic rings. The number of amides is 1. The zero-order valence-electron chi connectivity index (χ0n) is 18.7. The lowest BCUT2D eigenvalue weighted by Gasteiger charge is -2.29. The smallest absolute Gasteiger partial charge is 0.253 e. The van der Waals surface area contributed by atoms with E-state index in [4.69, 9.17) is 16.3 Å². The van der Waals surface area contributed by atoms with Gasteiger partial charge in [-0.2, -0.15) is 22.0 Å². The van der Waals surface area contributed by atoms with Crippen molar-refractivity contribution in [1.29, 1.82) is 0 Å². The summed E-state index contributed by atoms with van der Waals surface area (Å²) in [5, 5.41) is 11.8. The third-order valence-electron chi connectivity index (χ3n) is 5.93. The van der Waals surface area contributed by atoms with E-state index in [1.54, 1.807) is 18.3 Å². The van der Waals surface area contributed by atoms with E-state index in [1.807, 2.05) is 36.0 Å². The summed E-state index contributed by atoms with van der Waals surface area (Å²) in [6.45, 7) is 3.02. The topological polar surface area (TPSA) is 80.2 Å². The van der Waals surface area contributed by atoms with E-state index in [-0.39, 0.29) is 5.91 Å². The molecule has 5 rings (SSSR count). The second kappa shape index (κ2) is 10.6. The highest BCUT2D eigenvalue weighted by Crippen LogP contribution is 2.33. The van der Waals surface area contributed by atoms with Gasteiger partial charge in [0.2, 0.25) is 0 Å². The summed E-state index contributed by atoms with van der Waals surface area (Å²) in [6.07, 6.45) is 5.72. The van der Waals surface area contributed by atoms with E-state index < -0.39 is 0 Å². The van der Waals surface area contributed by atoms with E-state index >= 15 is 0 Å². The summed E-state index contributed by atoms with van der Waals surface area (Å²) in [7, 11) is 0. The highest BCUT2D eigenvalue weighted by Gasteiger charge is 2.22. The number of hydrogen-bond acceptors (Lipinski definition) is 7. The lowest BCUT2D eigenvalue weighted by atomic mass is 10.1. The molecular weight excluding hydrogens is 470 g/mol. The van der Waals surface area contributed by atoms with Crippen LogP contribution < -0.4 is 15.0 Å². The van der Waals surface area contributed by atoms with Crippen LogP contribution >= 0.6 is 23.4 Å². The van der Waals surface area contributed by atoms with E-state index in [0.29, 0.717) is 41.1 Å². The second-order valence-electron chi connectivity index (χ2n) is 8.50. The lowest BCUT2D eigenvalue weighted by molar-refractivity contribution is 0.0950. The number of hydrogen-bond donors (Lipinski definition) is 1. The first-order valence-corrected chi connectivity index (χ1v) is 13.0. The van der Waals surface area contributed by atoms with Gasteiger partial charge in [0.25, 0.3) is 5.91 Å². The van der Waals surface area contributed by atoms with Crippen LogP contribution in [0.1, 0.15) is 28.8 Å². The Hall–Kier alpha value is -2.84. The molecule has 1 N–H and O–H groups in total. The molecule has 2 fully saturated rings.